The molecule has 230 valence electrons. The first-order chi connectivity index (χ1) is 21.4. The highest BCUT2D eigenvalue weighted by Crippen LogP contribution is 2.54. The number of halogens is 2. The molecule has 0 unspecified atom stereocenters. The summed E-state index contributed by atoms with van der Waals surface area (Å²) in [7, 11) is 3.80. The summed E-state index contributed by atoms with van der Waals surface area (Å²) in [6, 6.07) is 17.4. The Balaban J connectivity index is 1.40. The SMILES string of the molecule is CN(C)c1ccc([C@@H]2c3sc(=O)n(CC(=O)Nc4ccc(Cl)c(Cl)c4)c3S[C@H]3C(=O)N(c4ccc([N+](=O)[O-])cc4)C(=O)[C@@H]23)cc1. The van der Waals surface area contributed by atoms with Gasteiger partial charge in [0.05, 0.1) is 31.6 Å². The van der Waals surface area contributed by atoms with Crippen LogP contribution in [-0.4, -0.2) is 46.6 Å². The number of carbonyl (C=O) groups is 3. The molecule has 6 rings (SSSR count). The van der Waals surface area contributed by atoms with Crippen molar-refractivity contribution >= 4 is 86.8 Å². The molecule has 1 N–H and O–H groups in total. The molecule has 0 radical (unpaired) electrons. The number of thiazole rings is 1. The van der Waals surface area contributed by atoms with E-state index in [1.54, 1.807) is 12.1 Å². The minimum Gasteiger partial charge on any atom is -0.378 e. The van der Waals surface area contributed by atoms with Crippen LogP contribution < -0.4 is 20.0 Å². The smallest absolute Gasteiger partial charge is 0.308 e. The van der Waals surface area contributed by atoms with Crippen LogP contribution in [0.2, 0.25) is 10.0 Å². The average molecular weight is 685 g/mol. The molecule has 15 heteroatoms. The fraction of sp³-hybridized carbons (Fsp3) is 0.200. The molecular formula is C30H23Cl2N5O6S2. The van der Waals surface area contributed by atoms with E-state index in [0.29, 0.717) is 20.6 Å². The Labute approximate surface area is 274 Å². The standard InChI is InChI=1S/C30H23Cl2N5O6S2/c1-34(2)17-6-3-15(4-7-17)23-24-25(28(40)36(27(24)39)18-8-10-19(11-9-18)37(42)43)44-29-26(23)45-30(41)35(29)14-22(38)33-16-5-12-20(31)21(32)13-16/h3-13,23-25H,14H2,1-2H3,(H,33,38)/t23-,24-,25+/m0/s1. The van der Waals surface area contributed by atoms with Gasteiger partial charge in [0.2, 0.25) is 17.7 Å². The van der Waals surface area contributed by atoms with E-state index in [0.717, 1.165) is 39.2 Å². The second kappa shape index (κ2) is 12.0. The van der Waals surface area contributed by atoms with Crippen LogP contribution in [0.1, 0.15) is 16.4 Å². The third-order valence-electron chi connectivity index (χ3n) is 7.64. The van der Waals surface area contributed by atoms with Gasteiger partial charge >= 0.3 is 4.87 Å². The number of benzene rings is 3. The number of non-ortho nitro benzene ring substituents is 1. The molecule has 3 aromatic carbocycles. The van der Waals surface area contributed by atoms with Crippen molar-refractivity contribution in [1.82, 2.24) is 4.57 Å². The average Bonchev–Trinajstić information content (AvgIpc) is 3.45. The number of nitro benzene ring substituents is 1. The van der Waals surface area contributed by atoms with Crippen molar-refractivity contribution in [3.63, 3.8) is 0 Å². The number of rotatable bonds is 7. The predicted octanol–water partition coefficient (Wildman–Crippen LogP) is 5.63. The Morgan fingerprint density at radius 2 is 1.67 bits per heavy atom. The normalized spacial score (nSPS) is 18.8. The van der Waals surface area contributed by atoms with Crippen LogP contribution in [0.4, 0.5) is 22.7 Å². The molecule has 3 atom stereocenters. The molecule has 2 aliphatic rings. The maximum absolute atomic E-state index is 14.0. The molecule has 3 heterocycles. The molecule has 1 saturated heterocycles. The number of amides is 3. The van der Waals surface area contributed by atoms with Crippen molar-refractivity contribution < 1.29 is 19.3 Å². The van der Waals surface area contributed by atoms with Gasteiger partial charge in [-0.3, -0.25) is 33.9 Å². The number of hydrogen-bond acceptors (Lipinski definition) is 9. The topological polar surface area (TPSA) is 135 Å². The lowest BCUT2D eigenvalue weighted by Crippen LogP contribution is -2.33. The number of fused-ring (bicyclic) bond motifs is 2. The number of anilines is 3. The summed E-state index contributed by atoms with van der Waals surface area (Å²) < 4.78 is 1.32. The van der Waals surface area contributed by atoms with Gasteiger partial charge in [-0.2, -0.15) is 0 Å². The lowest BCUT2D eigenvalue weighted by molar-refractivity contribution is -0.384. The Morgan fingerprint density at radius 3 is 2.29 bits per heavy atom. The van der Waals surface area contributed by atoms with Crippen LogP contribution in [0.25, 0.3) is 0 Å². The molecule has 3 amide bonds. The Kier molecular flexibility index (Phi) is 8.20. The lowest BCUT2D eigenvalue weighted by Gasteiger charge is -2.31. The number of nitrogens with zero attached hydrogens (tertiary/aromatic N) is 4. The van der Waals surface area contributed by atoms with Crippen molar-refractivity contribution in [2.24, 2.45) is 5.92 Å². The summed E-state index contributed by atoms with van der Waals surface area (Å²) >= 11 is 14.1. The predicted molar refractivity (Wildman–Crippen MR) is 175 cm³/mol. The van der Waals surface area contributed by atoms with Crippen molar-refractivity contribution in [1.29, 1.82) is 0 Å². The van der Waals surface area contributed by atoms with Gasteiger partial charge in [0.1, 0.15) is 11.8 Å². The maximum Gasteiger partial charge on any atom is 0.308 e. The van der Waals surface area contributed by atoms with Crippen LogP contribution in [-0.2, 0) is 20.9 Å². The minimum absolute atomic E-state index is 0.172. The van der Waals surface area contributed by atoms with E-state index < -0.39 is 44.6 Å². The summed E-state index contributed by atoms with van der Waals surface area (Å²) in [6.07, 6.45) is 0. The third-order valence-corrected chi connectivity index (χ3v) is 11.0. The molecule has 1 aromatic heterocycles. The molecular weight excluding hydrogens is 661 g/mol. The van der Waals surface area contributed by atoms with E-state index in [2.05, 4.69) is 5.32 Å². The fourth-order valence-corrected chi connectivity index (χ4v) is 8.56. The third kappa shape index (κ3) is 5.61. The lowest BCUT2D eigenvalue weighted by atomic mass is 9.83. The monoisotopic (exact) mass is 683 g/mol. The van der Waals surface area contributed by atoms with Crippen LogP contribution in [0.5, 0.6) is 0 Å². The summed E-state index contributed by atoms with van der Waals surface area (Å²) in [6.45, 7) is -0.338. The second-order valence-corrected chi connectivity index (χ2v) is 13.6. The van der Waals surface area contributed by atoms with Gasteiger partial charge in [0.25, 0.3) is 5.69 Å². The van der Waals surface area contributed by atoms with E-state index in [9.17, 15) is 29.3 Å². The van der Waals surface area contributed by atoms with Gasteiger partial charge in [0.15, 0.2) is 0 Å². The number of nitrogens with one attached hydrogen (secondary N) is 1. The summed E-state index contributed by atoms with van der Waals surface area (Å²) in [5.41, 5.74) is 2.10. The van der Waals surface area contributed by atoms with Crippen LogP contribution in [0.15, 0.2) is 76.6 Å². The second-order valence-electron chi connectivity index (χ2n) is 10.6. The largest absolute Gasteiger partial charge is 0.378 e. The van der Waals surface area contributed by atoms with Gasteiger partial charge in [-0.15, -0.1) is 0 Å². The van der Waals surface area contributed by atoms with Gasteiger partial charge in [0, 0.05) is 48.4 Å². The number of hydrogen-bond donors (Lipinski definition) is 1. The van der Waals surface area contributed by atoms with E-state index in [4.69, 9.17) is 23.2 Å². The summed E-state index contributed by atoms with van der Waals surface area (Å²) in [5, 5.41) is 14.0. The van der Waals surface area contributed by atoms with E-state index in [-0.39, 0.29) is 22.9 Å². The van der Waals surface area contributed by atoms with Gasteiger partial charge in [-0.1, -0.05) is 58.4 Å². The zero-order valence-corrected chi connectivity index (χ0v) is 26.7. The van der Waals surface area contributed by atoms with Gasteiger partial charge in [-0.05, 0) is 48.0 Å². The number of carbonyl (C=O) groups excluding carboxylic acids is 3. The van der Waals surface area contributed by atoms with Crippen molar-refractivity contribution in [2.75, 3.05) is 29.2 Å². The maximum atomic E-state index is 14.0. The van der Waals surface area contributed by atoms with E-state index in [1.165, 1.54) is 34.9 Å². The minimum atomic E-state index is -0.905. The summed E-state index contributed by atoms with van der Waals surface area (Å²) in [4.78, 5) is 68.2. The zero-order valence-electron chi connectivity index (χ0n) is 23.6. The van der Waals surface area contributed by atoms with Crippen molar-refractivity contribution in [3.05, 3.63) is 107 Å². The van der Waals surface area contributed by atoms with Crippen LogP contribution in [0.3, 0.4) is 0 Å². The van der Waals surface area contributed by atoms with Gasteiger partial charge in [-0.25, -0.2) is 4.90 Å². The molecule has 0 saturated carbocycles. The van der Waals surface area contributed by atoms with E-state index in [1.807, 2.05) is 43.3 Å². The van der Waals surface area contributed by atoms with Crippen molar-refractivity contribution in [2.45, 2.75) is 22.7 Å². The molecule has 11 nitrogen and oxygen atoms in total. The fourth-order valence-electron chi connectivity index (χ4n) is 5.49. The number of thioether (sulfide) groups is 1. The zero-order chi connectivity index (χ0) is 32.2. The first kappa shape index (κ1) is 30.8. The molecule has 0 aliphatic carbocycles. The first-order valence-electron chi connectivity index (χ1n) is 13.5. The Bertz CT molecular complexity index is 1930. The number of aromatic nitrogens is 1. The Morgan fingerprint density at radius 1 is 0.978 bits per heavy atom. The number of nitro groups is 1. The molecule has 2 aliphatic heterocycles. The quantitative estimate of drug-likeness (QED) is 0.151. The molecule has 45 heavy (non-hydrogen) atoms. The number of imide groups is 1. The van der Waals surface area contributed by atoms with E-state index >= 15 is 0 Å². The van der Waals surface area contributed by atoms with Gasteiger partial charge < -0.3 is 10.2 Å². The van der Waals surface area contributed by atoms with Crippen LogP contribution >= 0.6 is 46.3 Å². The summed E-state index contributed by atoms with van der Waals surface area (Å²) in [5.74, 6) is -2.98. The Hall–Kier alpha value is -4.17. The first-order valence-corrected chi connectivity index (χ1v) is 15.9. The molecule has 4 aromatic rings. The highest BCUT2D eigenvalue weighted by atomic mass is 35.5. The molecule has 1 fully saturated rings. The van der Waals surface area contributed by atoms with Crippen molar-refractivity contribution in [3.8, 4) is 0 Å². The highest BCUT2D eigenvalue weighted by Gasteiger charge is 2.56. The molecule has 0 bridgehead atoms. The molecule has 0 spiro atoms. The highest BCUT2D eigenvalue weighted by molar-refractivity contribution is 8.00. The van der Waals surface area contributed by atoms with Crippen LogP contribution in [0, 0.1) is 16.0 Å².